The molecule has 0 atom stereocenters. The van der Waals surface area contributed by atoms with Gasteiger partial charge < -0.3 is 15.3 Å². The van der Waals surface area contributed by atoms with E-state index < -0.39 is 17.0 Å². The Morgan fingerprint density at radius 2 is 1.60 bits per heavy atom. The molecule has 1 rings (SSSR count). The molecule has 5 nitrogen and oxygen atoms in total. The molecule has 0 bridgehead atoms. The van der Waals surface area contributed by atoms with E-state index in [1.54, 1.807) is 20.9 Å². The van der Waals surface area contributed by atoms with Crippen LogP contribution in [-0.2, 0) is 9.59 Å². The molecule has 0 unspecified atom stereocenters. The number of carbonyl (C=O) groups is 2. The van der Waals surface area contributed by atoms with E-state index in [1.807, 2.05) is 30.3 Å². The molecule has 0 radical (unpaired) electrons. The van der Waals surface area contributed by atoms with E-state index in [0.29, 0.717) is 0 Å². The van der Waals surface area contributed by atoms with Crippen molar-refractivity contribution in [1.82, 2.24) is 5.32 Å². The summed E-state index contributed by atoms with van der Waals surface area (Å²) in [6.07, 6.45) is 0. The summed E-state index contributed by atoms with van der Waals surface area (Å²) in [4.78, 5) is 25.7. The summed E-state index contributed by atoms with van der Waals surface area (Å²) < 4.78 is 0. The van der Waals surface area contributed by atoms with Gasteiger partial charge in [0.15, 0.2) is 0 Å². The van der Waals surface area contributed by atoms with Crippen molar-refractivity contribution in [3.8, 4) is 0 Å². The number of para-hydroxylation sites is 1. The zero-order valence-electron chi connectivity index (χ0n) is 12.6. The van der Waals surface area contributed by atoms with Crippen LogP contribution in [0.3, 0.4) is 0 Å². The van der Waals surface area contributed by atoms with Crippen LogP contribution in [0, 0.1) is 0 Å². The first-order valence-corrected chi connectivity index (χ1v) is 6.44. The molecule has 2 N–H and O–H groups in total. The van der Waals surface area contributed by atoms with Gasteiger partial charge in [0.25, 0.3) is 11.8 Å². The lowest BCUT2D eigenvalue weighted by Gasteiger charge is -2.32. The molecular formula is C15H22N2O3. The Morgan fingerprint density at radius 3 is 2.05 bits per heavy atom. The first kappa shape index (κ1) is 16.2. The summed E-state index contributed by atoms with van der Waals surface area (Å²) in [7, 11) is 1.65. The fourth-order valence-electron chi connectivity index (χ4n) is 1.68. The van der Waals surface area contributed by atoms with Crippen molar-refractivity contribution in [2.24, 2.45) is 0 Å². The number of benzene rings is 1. The van der Waals surface area contributed by atoms with Crippen molar-refractivity contribution in [1.29, 1.82) is 0 Å². The van der Waals surface area contributed by atoms with E-state index in [9.17, 15) is 14.7 Å². The minimum absolute atomic E-state index is 0.263. The van der Waals surface area contributed by atoms with E-state index in [1.165, 1.54) is 18.7 Å². The van der Waals surface area contributed by atoms with Gasteiger partial charge in [-0.3, -0.25) is 9.59 Å². The second-order valence-corrected chi connectivity index (χ2v) is 5.84. The van der Waals surface area contributed by atoms with Crippen LogP contribution in [0.25, 0.3) is 0 Å². The maximum absolute atomic E-state index is 12.5. The summed E-state index contributed by atoms with van der Waals surface area (Å²) in [6.45, 7) is 5.98. The third-order valence-electron chi connectivity index (χ3n) is 2.96. The minimum Gasteiger partial charge on any atom is -0.381 e. The van der Waals surface area contributed by atoms with Crippen LogP contribution in [0.15, 0.2) is 30.3 Å². The van der Waals surface area contributed by atoms with Crippen molar-refractivity contribution >= 4 is 17.5 Å². The number of hydrogen-bond acceptors (Lipinski definition) is 3. The second kappa shape index (κ2) is 5.63. The lowest BCUT2D eigenvalue weighted by Crippen LogP contribution is -2.59. The molecule has 2 amide bonds. The number of hydrogen-bond donors (Lipinski definition) is 2. The van der Waals surface area contributed by atoms with Gasteiger partial charge in [-0.2, -0.15) is 0 Å². The van der Waals surface area contributed by atoms with E-state index in [4.69, 9.17) is 0 Å². The highest BCUT2D eigenvalue weighted by Crippen LogP contribution is 2.17. The van der Waals surface area contributed by atoms with Crippen molar-refractivity contribution in [3.63, 3.8) is 0 Å². The summed E-state index contributed by atoms with van der Waals surface area (Å²) in [5.74, 6) is -0.849. The standard InChI is InChI=1S/C15H22N2O3/c1-14(2,16-12(18)15(3,4)20)13(19)17(5)11-9-7-6-8-10-11/h6-10,20H,1-5H3,(H,16,18). The average molecular weight is 278 g/mol. The molecule has 0 saturated carbocycles. The summed E-state index contributed by atoms with van der Waals surface area (Å²) in [5.41, 5.74) is -1.90. The Labute approximate surface area is 119 Å². The van der Waals surface area contributed by atoms with E-state index in [0.717, 1.165) is 5.69 Å². The number of aliphatic hydroxyl groups is 1. The van der Waals surface area contributed by atoms with Crippen LogP contribution >= 0.6 is 0 Å². The topological polar surface area (TPSA) is 69.6 Å². The molecule has 0 spiro atoms. The van der Waals surface area contributed by atoms with Crippen LogP contribution in [0.4, 0.5) is 5.69 Å². The molecular weight excluding hydrogens is 256 g/mol. The quantitative estimate of drug-likeness (QED) is 0.872. The fraction of sp³-hybridized carbons (Fsp3) is 0.467. The zero-order chi connectivity index (χ0) is 15.6. The molecule has 0 aromatic heterocycles. The predicted octanol–water partition coefficient (Wildman–Crippen LogP) is 1.32. The minimum atomic E-state index is -1.52. The largest absolute Gasteiger partial charge is 0.381 e. The highest BCUT2D eigenvalue weighted by atomic mass is 16.3. The molecule has 1 aromatic rings. The fourth-order valence-corrected chi connectivity index (χ4v) is 1.68. The van der Waals surface area contributed by atoms with E-state index >= 15 is 0 Å². The molecule has 0 aliphatic carbocycles. The van der Waals surface area contributed by atoms with Crippen LogP contribution in [-0.4, -0.2) is 35.1 Å². The van der Waals surface area contributed by atoms with Crippen molar-refractivity contribution in [2.45, 2.75) is 38.8 Å². The average Bonchev–Trinajstić information content (AvgIpc) is 2.36. The number of amides is 2. The Balaban J connectivity index is 2.87. The first-order valence-electron chi connectivity index (χ1n) is 6.44. The number of nitrogens with zero attached hydrogens (tertiary/aromatic N) is 1. The predicted molar refractivity (Wildman–Crippen MR) is 78.4 cm³/mol. The third kappa shape index (κ3) is 3.81. The third-order valence-corrected chi connectivity index (χ3v) is 2.96. The highest BCUT2D eigenvalue weighted by molar-refractivity contribution is 6.02. The van der Waals surface area contributed by atoms with Gasteiger partial charge >= 0.3 is 0 Å². The van der Waals surface area contributed by atoms with Crippen molar-refractivity contribution in [3.05, 3.63) is 30.3 Å². The zero-order valence-corrected chi connectivity index (χ0v) is 12.6. The molecule has 5 heteroatoms. The van der Waals surface area contributed by atoms with Gasteiger partial charge in [-0.15, -0.1) is 0 Å². The molecule has 0 heterocycles. The van der Waals surface area contributed by atoms with Crippen LogP contribution in [0.2, 0.25) is 0 Å². The monoisotopic (exact) mass is 278 g/mol. The number of nitrogens with one attached hydrogen (secondary N) is 1. The summed E-state index contributed by atoms with van der Waals surface area (Å²) in [6, 6.07) is 9.16. The molecule has 110 valence electrons. The molecule has 0 aliphatic heterocycles. The van der Waals surface area contributed by atoms with E-state index in [-0.39, 0.29) is 5.91 Å². The summed E-state index contributed by atoms with van der Waals surface area (Å²) in [5, 5.41) is 12.2. The van der Waals surface area contributed by atoms with Gasteiger partial charge in [0.05, 0.1) is 0 Å². The Kier molecular flexibility index (Phi) is 4.55. The Bertz CT molecular complexity index is 490. The van der Waals surface area contributed by atoms with Gasteiger partial charge in [0, 0.05) is 12.7 Å². The SMILES string of the molecule is CN(C(=O)C(C)(C)NC(=O)C(C)(C)O)c1ccccc1. The Morgan fingerprint density at radius 1 is 1.10 bits per heavy atom. The van der Waals surface area contributed by atoms with Crippen LogP contribution in [0.1, 0.15) is 27.7 Å². The first-order chi connectivity index (χ1) is 9.05. The van der Waals surface area contributed by atoms with Gasteiger partial charge in [0.2, 0.25) is 0 Å². The van der Waals surface area contributed by atoms with Crippen LogP contribution < -0.4 is 10.2 Å². The molecule has 20 heavy (non-hydrogen) atoms. The molecule has 0 saturated heterocycles. The Hall–Kier alpha value is -1.88. The van der Waals surface area contributed by atoms with Crippen molar-refractivity contribution < 1.29 is 14.7 Å². The maximum Gasteiger partial charge on any atom is 0.252 e. The molecule has 1 aromatic carbocycles. The van der Waals surface area contributed by atoms with Crippen LogP contribution in [0.5, 0.6) is 0 Å². The number of carbonyl (C=O) groups excluding carboxylic acids is 2. The number of anilines is 1. The van der Waals surface area contributed by atoms with Gasteiger partial charge in [-0.25, -0.2) is 0 Å². The lowest BCUT2D eigenvalue weighted by molar-refractivity contribution is -0.141. The van der Waals surface area contributed by atoms with Gasteiger partial charge in [-0.05, 0) is 39.8 Å². The number of likely N-dealkylation sites (N-methyl/N-ethyl adjacent to an activating group) is 1. The van der Waals surface area contributed by atoms with Gasteiger partial charge in [-0.1, -0.05) is 18.2 Å². The maximum atomic E-state index is 12.5. The second-order valence-electron chi connectivity index (χ2n) is 5.84. The lowest BCUT2D eigenvalue weighted by atomic mass is 10.00. The molecule has 0 aliphatic rings. The smallest absolute Gasteiger partial charge is 0.252 e. The highest BCUT2D eigenvalue weighted by Gasteiger charge is 2.36. The van der Waals surface area contributed by atoms with E-state index in [2.05, 4.69) is 5.32 Å². The normalized spacial score (nSPS) is 11.9. The van der Waals surface area contributed by atoms with Crippen molar-refractivity contribution in [2.75, 3.05) is 11.9 Å². The number of rotatable bonds is 4. The molecule has 0 fully saturated rings. The summed E-state index contributed by atoms with van der Waals surface area (Å²) >= 11 is 0. The van der Waals surface area contributed by atoms with Gasteiger partial charge in [0.1, 0.15) is 11.1 Å².